The highest BCUT2D eigenvalue weighted by atomic mass is 35.5. The summed E-state index contributed by atoms with van der Waals surface area (Å²) in [6, 6.07) is 13.3. The summed E-state index contributed by atoms with van der Waals surface area (Å²) in [4.78, 5) is 25.4. The maximum absolute atomic E-state index is 12.9. The summed E-state index contributed by atoms with van der Waals surface area (Å²) in [6.45, 7) is 0.399. The predicted octanol–water partition coefficient (Wildman–Crippen LogP) is 2.13. The Balaban J connectivity index is 1.61. The highest BCUT2D eigenvalue weighted by Crippen LogP contribution is 2.23. The second-order valence-corrected chi connectivity index (χ2v) is 10.1. The Kier molecular flexibility index (Phi) is 7.14. The van der Waals surface area contributed by atoms with Gasteiger partial charge in [0.1, 0.15) is 5.69 Å². The fourth-order valence-corrected chi connectivity index (χ4v) is 5.11. The van der Waals surface area contributed by atoms with Crippen LogP contribution in [0.1, 0.15) is 15.4 Å². The van der Waals surface area contributed by atoms with E-state index < -0.39 is 10.8 Å². The molecule has 3 aromatic heterocycles. The minimum absolute atomic E-state index is 0.160. The van der Waals surface area contributed by atoms with Crippen LogP contribution in [0.25, 0.3) is 11.4 Å². The molecule has 0 fully saturated rings. The number of nitrogens with one attached hydrogen (secondary N) is 1. The number of nitrogens with two attached hydrogens (primary N) is 1. The van der Waals surface area contributed by atoms with E-state index >= 15 is 0 Å². The van der Waals surface area contributed by atoms with Crippen LogP contribution < -0.4 is 16.6 Å². The van der Waals surface area contributed by atoms with Gasteiger partial charge in [0.15, 0.2) is 0 Å². The first-order valence-corrected chi connectivity index (χ1v) is 12.3. The van der Waals surface area contributed by atoms with Crippen molar-refractivity contribution in [3.8, 4) is 11.4 Å². The van der Waals surface area contributed by atoms with Crippen molar-refractivity contribution in [1.82, 2.24) is 24.9 Å². The molecule has 12 heteroatoms. The van der Waals surface area contributed by atoms with Crippen LogP contribution in [-0.2, 0) is 17.3 Å². The Morgan fingerprint density at radius 1 is 1.21 bits per heavy atom. The van der Waals surface area contributed by atoms with Crippen molar-refractivity contribution < 1.29 is 9.00 Å². The molecule has 0 bridgehead atoms. The number of halogens is 1. The largest absolute Gasteiger partial charge is 0.346 e. The Hall–Kier alpha value is -3.12. The van der Waals surface area contributed by atoms with E-state index in [2.05, 4.69) is 15.6 Å². The van der Waals surface area contributed by atoms with Crippen LogP contribution in [0.5, 0.6) is 0 Å². The van der Waals surface area contributed by atoms with Crippen LogP contribution >= 0.6 is 22.9 Å². The SMILES string of the molecule is NCCS(=O)c1cc(-n2ccccc2=O)ccc1-n1cc(CNC(=O)c2ccc(Cl)s2)nn1. The number of carbonyl (C=O) groups is 1. The van der Waals surface area contributed by atoms with Crippen molar-refractivity contribution in [3.05, 3.63) is 86.2 Å². The van der Waals surface area contributed by atoms with Gasteiger partial charge in [-0.15, -0.1) is 16.4 Å². The summed E-state index contributed by atoms with van der Waals surface area (Å²) in [5, 5.41) is 11.0. The normalized spacial score (nSPS) is 11.9. The molecule has 3 N–H and O–H groups in total. The molecule has 1 aromatic carbocycles. The fraction of sp³-hybridized carbons (Fsp3) is 0.143. The molecule has 0 aliphatic heterocycles. The van der Waals surface area contributed by atoms with Crippen LogP contribution in [0, 0.1) is 0 Å². The van der Waals surface area contributed by atoms with Gasteiger partial charge in [-0.25, -0.2) is 4.68 Å². The third-order valence-corrected chi connectivity index (χ3v) is 7.26. The number of hydrogen-bond acceptors (Lipinski definition) is 7. The van der Waals surface area contributed by atoms with Gasteiger partial charge in [0.25, 0.3) is 11.5 Å². The number of rotatable bonds is 8. The Morgan fingerprint density at radius 3 is 2.79 bits per heavy atom. The Bertz CT molecular complexity index is 1380. The molecule has 0 aliphatic carbocycles. The Morgan fingerprint density at radius 2 is 2.06 bits per heavy atom. The number of amides is 1. The molecular weight excluding hydrogens is 484 g/mol. The molecule has 1 amide bonds. The average molecular weight is 503 g/mol. The van der Waals surface area contributed by atoms with E-state index in [1.807, 2.05) is 0 Å². The molecule has 4 aromatic rings. The molecule has 9 nitrogen and oxygen atoms in total. The van der Waals surface area contributed by atoms with Crippen LogP contribution in [-0.4, -0.2) is 42.0 Å². The van der Waals surface area contributed by atoms with Gasteiger partial charge in [-0.05, 0) is 36.4 Å². The molecular formula is C21H19ClN6O3S2. The number of carbonyl (C=O) groups excluding carboxylic acids is 1. The van der Waals surface area contributed by atoms with Gasteiger partial charge in [-0.2, -0.15) is 0 Å². The smallest absolute Gasteiger partial charge is 0.261 e. The van der Waals surface area contributed by atoms with Gasteiger partial charge in [-0.1, -0.05) is 22.9 Å². The minimum atomic E-state index is -1.42. The maximum atomic E-state index is 12.9. The standard InChI is InChI=1S/C21H19ClN6O3S2/c22-19-7-6-17(32-19)21(30)24-12-14-13-28(26-25-14)16-5-4-15(11-18(16)33(31)10-8-23)27-9-2-1-3-20(27)29/h1-7,9,11,13H,8,10,12,23H2,(H,24,30). The van der Waals surface area contributed by atoms with Gasteiger partial charge in [0.05, 0.1) is 43.3 Å². The highest BCUT2D eigenvalue weighted by Gasteiger charge is 2.16. The van der Waals surface area contributed by atoms with Gasteiger partial charge in [0, 0.05) is 30.2 Å². The molecule has 1 unspecified atom stereocenters. The van der Waals surface area contributed by atoms with Crippen molar-refractivity contribution in [2.24, 2.45) is 5.73 Å². The molecule has 0 aliphatic rings. The fourth-order valence-electron chi connectivity index (χ4n) is 3.07. The van der Waals surface area contributed by atoms with Crippen LogP contribution in [0.15, 0.2) is 70.6 Å². The first kappa shape index (κ1) is 23.1. The molecule has 170 valence electrons. The molecule has 0 spiro atoms. The van der Waals surface area contributed by atoms with Gasteiger partial charge < -0.3 is 11.1 Å². The summed E-state index contributed by atoms with van der Waals surface area (Å²) in [5.41, 5.74) is 7.06. The lowest BCUT2D eigenvalue weighted by molar-refractivity contribution is 0.0954. The van der Waals surface area contributed by atoms with E-state index in [0.29, 0.717) is 31.2 Å². The molecule has 3 heterocycles. The summed E-state index contributed by atoms with van der Waals surface area (Å²) in [5.74, 6) is -0.00921. The molecule has 33 heavy (non-hydrogen) atoms. The third kappa shape index (κ3) is 5.28. The molecule has 0 saturated carbocycles. The van der Waals surface area contributed by atoms with Crippen LogP contribution in [0.2, 0.25) is 4.34 Å². The lowest BCUT2D eigenvalue weighted by atomic mass is 10.2. The zero-order chi connectivity index (χ0) is 23.4. The first-order chi connectivity index (χ1) is 16.0. The highest BCUT2D eigenvalue weighted by molar-refractivity contribution is 7.85. The van der Waals surface area contributed by atoms with Crippen molar-refractivity contribution in [3.63, 3.8) is 0 Å². The van der Waals surface area contributed by atoms with E-state index in [1.54, 1.807) is 54.9 Å². The number of aromatic nitrogens is 4. The number of hydrogen-bond donors (Lipinski definition) is 2. The number of benzene rings is 1. The second kappa shape index (κ2) is 10.2. The van der Waals surface area contributed by atoms with Crippen LogP contribution in [0.4, 0.5) is 0 Å². The summed E-state index contributed by atoms with van der Waals surface area (Å²) in [6.07, 6.45) is 3.29. The molecule has 0 saturated heterocycles. The number of pyridine rings is 1. The molecule has 1 atom stereocenters. The van der Waals surface area contributed by atoms with Crippen molar-refractivity contribution >= 4 is 39.6 Å². The zero-order valence-corrected chi connectivity index (χ0v) is 19.6. The molecule has 0 radical (unpaired) electrons. The monoisotopic (exact) mass is 502 g/mol. The summed E-state index contributed by atoms with van der Waals surface area (Å²) in [7, 11) is -1.42. The van der Waals surface area contributed by atoms with E-state index in [1.165, 1.54) is 26.7 Å². The topological polar surface area (TPSA) is 125 Å². The van der Waals surface area contributed by atoms with Crippen molar-refractivity contribution in [2.45, 2.75) is 11.4 Å². The summed E-state index contributed by atoms with van der Waals surface area (Å²) >= 11 is 7.06. The number of nitrogens with zero attached hydrogens (tertiary/aromatic N) is 4. The van der Waals surface area contributed by atoms with Crippen LogP contribution in [0.3, 0.4) is 0 Å². The van der Waals surface area contributed by atoms with E-state index in [-0.39, 0.29) is 30.3 Å². The zero-order valence-electron chi connectivity index (χ0n) is 17.2. The van der Waals surface area contributed by atoms with Gasteiger partial charge in [0.2, 0.25) is 0 Å². The Labute approximate surface area is 200 Å². The van der Waals surface area contributed by atoms with Crippen molar-refractivity contribution in [1.29, 1.82) is 0 Å². The average Bonchev–Trinajstić information content (AvgIpc) is 3.47. The van der Waals surface area contributed by atoms with Gasteiger partial charge in [-0.3, -0.25) is 18.4 Å². The quantitative estimate of drug-likeness (QED) is 0.380. The maximum Gasteiger partial charge on any atom is 0.261 e. The lowest BCUT2D eigenvalue weighted by Crippen LogP contribution is -2.21. The third-order valence-electron chi connectivity index (χ3n) is 4.61. The molecule has 4 rings (SSSR count). The van der Waals surface area contributed by atoms with Crippen molar-refractivity contribution in [2.75, 3.05) is 12.3 Å². The second-order valence-electron chi connectivity index (χ2n) is 6.84. The number of thiophene rings is 1. The van der Waals surface area contributed by atoms with E-state index in [9.17, 15) is 13.8 Å². The van der Waals surface area contributed by atoms with Gasteiger partial charge >= 0.3 is 0 Å². The summed E-state index contributed by atoms with van der Waals surface area (Å²) < 4.78 is 16.4. The minimum Gasteiger partial charge on any atom is -0.346 e. The predicted molar refractivity (Wildman–Crippen MR) is 128 cm³/mol. The first-order valence-electron chi connectivity index (χ1n) is 9.82. The van der Waals surface area contributed by atoms with E-state index in [0.717, 1.165) is 0 Å². The lowest BCUT2D eigenvalue weighted by Gasteiger charge is -2.12. The van der Waals surface area contributed by atoms with E-state index in [4.69, 9.17) is 17.3 Å².